The molecule has 0 bridgehead atoms. The summed E-state index contributed by atoms with van der Waals surface area (Å²) in [6.45, 7) is 1.96. The molecule has 6 heteroatoms. The normalized spacial score (nSPS) is 15.1. The van der Waals surface area contributed by atoms with E-state index in [0.717, 1.165) is 10.1 Å². The van der Waals surface area contributed by atoms with Crippen molar-refractivity contribution in [2.45, 2.75) is 22.6 Å². The van der Waals surface area contributed by atoms with Crippen molar-refractivity contribution in [2.75, 3.05) is 0 Å². The molecule has 15 heavy (non-hydrogen) atoms. The van der Waals surface area contributed by atoms with Crippen molar-refractivity contribution in [1.29, 1.82) is 0 Å². The lowest BCUT2D eigenvalue weighted by atomic mass is 10.2. The van der Waals surface area contributed by atoms with Crippen LogP contribution in [0.1, 0.15) is 17.9 Å². The summed E-state index contributed by atoms with van der Waals surface area (Å²) in [7, 11) is 0. The zero-order valence-electron chi connectivity index (χ0n) is 8.16. The summed E-state index contributed by atoms with van der Waals surface area (Å²) in [6, 6.07) is 3.80. The Morgan fingerprint density at radius 3 is 3.00 bits per heavy atom. The molecule has 0 aromatic carbocycles. The van der Waals surface area contributed by atoms with Gasteiger partial charge in [-0.1, -0.05) is 23.1 Å². The number of thioether (sulfide) groups is 1. The highest BCUT2D eigenvalue weighted by Crippen LogP contribution is 2.37. The molecule has 0 aliphatic heterocycles. The zero-order valence-corrected chi connectivity index (χ0v) is 9.79. The van der Waals surface area contributed by atoms with Crippen molar-refractivity contribution in [3.05, 3.63) is 29.7 Å². The minimum absolute atomic E-state index is 0.00468. The third kappa shape index (κ3) is 2.58. The first-order chi connectivity index (χ1) is 7.27. The second-order valence-corrected chi connectivity index (χ2v) is 5.34. The third-order valence-corrected chi connectivity index (χ3v) is 4.13. The predicted molar refractivity (Wildman–Crippen MR) is 60.9 cm³/mol. The van der Waals surface area contributed by atoms with E-state index in [1.807, 2.05) is 19.1 Å². The average Bonchev–Trinajstić information content (AvgIpc) is 2.87. The van der Waals surface area contributed by atoms with E-state index in [9.17, 15) is 0 Å². The third-order valence-electron chi connectivity index (χ3n) is 1.87. The average molecular weight is 241 g/mol. The molecule has 2 heterocycles. The molecule has 2 unspecified atom stereocenters. The number of nitrogens with two attached hydrogens (primary N) is 1. The van der Waals surface area contributed by atoms with Crippen molar-refractivity contribution in [1.82, 2.24) is 10.2 Å². The van der Waals surface area contributed by atoms with Gasteiger partial charge in [-0.15, -0.1) is 10.2 Å². The van der Waals surface area contributed by atoms with Gasteiger partial charge in [0.1, 0.15) is 11.3 Å². The van der Waals surface area contributed by atoms with Crippen LogP contribution >= 0.6 is 23.1 Å². The van der Waals surface area contributed by atoms with E-state index >= 15 is 0 Å². The maximum atomic E-state index is 5.92. The van der Waals surface area contributed by atoms with Crippen molar-refractivity contribution in [2.24, 2.45) is 5.73 Å². The van der Waals surface area contributed by atoms with Crippen molar-refractivity contribution in [3.8, 4) is 0 Å². The molecule has 0 aliphatic carbocycles. The van der Waals surface area contributed by atoms with E-state index in [0.29, 0.717) is 0 Å². The minimum Gasteiger partial charge on any atom is -0.468 e. The van der Waals surface area contributed by atoms with Crippen LogP contribution in [-0.4, -0.2) is 16.2 Å². The molecular formula is C9H11N3OS2. The molecule has 0 aliphatic rings. The summed E-state index contributed by atoms with van der Waals surface area (Å²) >= 11 is 3.10. The van der Waals surface area contributed by atoms with Gasteiger partial charge in [0.2, 0.25) is 0 Å². The number of hydrogen-bond acceptors (Lipinski definition) is 6. The van der Waals surface area contributed by atoms with E-state index in [4.69, 9.17) is 10.2 Å². The second kappa shape index (κ2) is 4.78. The highest BCUT2D eigenvalue weighted by molar-refractivity contribution is 8.01. The van der Waals surface area contributed by atoms with Crippen LogP contribution in [0.5, 0.6) is 0 Å². The Hall–Kier alpha value is -0.850. The fourth-order valence-electron chi connectivity index (χ4n) is 1.20. The Morgan fingerprint density at radius 2 is 2.47 bits per heavy atom. The summed E-state index contributed by atoms with van der Waals surface area (Å²) < 4.78 is 6.27. The van der Waals surface area contributed by atoms with E-state index in [1.54, 1.807) is 23.5 Å². The summed E-state index contributed by atoms with van der Waals surface area (Å²) in [5.41, 5.74) is 7.63. The number of rotatable bonds is 4. The molecule has 2 aromatic heterocycles. The molecule has 0 fully saturated rings. The molecule has 2 N–H and O–H groups in total. The fraction of sp³-hybridized carbons (Fsp3) is 0.333. The highest BCUT2D eigenvalue weighted by atomic mass is 32.2. The Balaban J connectivity index is 2.14. The highest BCUT2D eigenvalue weighted by Gasteiger charge is 2.21. The van der Waals surface area contributed by atoms with Crippen LogP contribution in [0.2, 0.25) is 0 Å². The quantitative estimate of drug-likeness (QED) is 0.832. The lowest BCUT2D eigenvalue weighted by Gasteiger charge is -2.15. The first-order valence-electron chi connectivity index (χ1n) is 4.49. The van der Waals surface area contributed by atoms with Crippen LogP contribution in [0.15, 0.2) is 32.7 Å². The first kappa shape index (κ1) is 10.7. The van der Waals surface area contributed by atoms with Gasteiger partial charge in [0.15, 0.2) is 4.34 Å². The summed E-state index contributed by atoms with van der Waals surface area (Å²) in [5.74, 6) is 0.880. The fourth-order valence-corrected chi connectivity index (χ4v) is 2.92. The molecule has 0 saturated heterocycles. The number of furan rings is 1. The topological polar surface area (TPSA) is 64.9 Å². The Bertz CT molecular complexity index is 385. The Labute approximate surface area is 95.9 Å². The predicted octanol–water partition coefficient (Wildman–Crippen LogP) is 2.31. The Kier molecular flexibility index (Phi) is 3.40. The summed E-state index contributed by atoms with van der Waals surface area (Å²) in [5, 5.41) is 7.87. The zero-order chi connectivity index (χ0) is 10.7. The smallest absolute Gasteiger partial charge is 0.174 e. The SMILES string of the molecule is CC(N)C(Sc1nncs1)c1ccco1. The molecule has 0 saturated carbocycles. The van der Waals surface area contributed by atoms with Crippen molar-refractivity contribution in [3.63, 3.8) is 0 Å². The van der Waals surface area contributed by atoms with E-state index < -0.39 is 0 Å². The minimum atomic E-state index is 0.00468. The first-order valence-corrected chi connectivity index (χ1v) is 6.25. The molecule has 4 nitrogen and oxygen atoms in total. The van der Waals surface area contributed by atoms with Gasteiger partial charge in [0.25, 0.3) is 0 Å². The van der Waals surface area contributed by atoms with Gasteiger partial charge >= 0.3 is 0 Å². The van der Waals surface area contributed by atoms with E-state index in [1.165, 1.54) is 11.3 Å². The molecule has 2 aromatic rings. The van der Waals surface area contributed by atoms with Gasteiger partial charge in [0, 0.05) is 6.04 Å². The lowest BCUT2D eigenvalue weighted by Crippen LogP contribution is -2.22. The van der Waals surface area contributed by atoms with Gasteiger partial charge in [-0.25, -0.2) is 0 Å². The molecule has 2 atom stereocenters. The molecule has 2 rings (SSSR count). The van der Waals surface area contributed by atoms with Crippen LogP contribution < -0.4 is 5.73 Å². The van der Waals surface area contributed by atoms with Crippen LogP contribution in [0.25, 0.3) is 0 Å². The monoisotopic (exact) mass is 241 g/mol. The van der Waals surface area contributed by atoms with Gasteiger partial charge in [-0.3, -0.25) is 0 Å². The maximum absolute atomic E-state index is 5.92. The number of aromatic nitrogens is 2. The van der Waals surface area contributed by atoms with Gasteiger partial charge < -0.3 is 10.2 Å². The van der Waals surface area contributed by atoms with Crippen LogP contribution in [0, 0.1) is 0 Å². The Morgan fingerprint density at radius 1 is 1.60 bits per heavy atom. The van der Waals surface area contributed by atoms with Crippen LogP contribution in [-0.2, 0) is 0 Å². The standard InChI is InChI=1S/C9H11N3OS2/c1-6(10)8(7-3-2-4-13-7)15-9-12-11-5-14-9/h2-6,8H,10H2,1H3. The summed E-state index contributed by atoms with van der Waals surface area (Å²) in [4.78, 5) is 0. The van der Waals surface area contributed by atoms with E-state index in [2.05, 4.69) is 10.2 Å². The lowest BCUT2D eigenvalue weighted by molar-refractivity contribution is 0.486. The summed E-state index contributed by atoms with van der Waals surface area (Å²) in [6.07, 6.45) is 1.66. The van der Waals surface area contributed by atoms with Crippen molar-refractivity contribution < 1.29 is 4.42 Å². The molecule has 0 radical (unpaired) electrons. The maximum Gasteiger partial charge on any atom is 0.174 e. The van der Waals surface area contributed by atoms with Crippen molar-refractivity contribution >= 4 is 23.1 Å². The molecule has 0 spiro atoms. The largest absolute Gasteiger partial charge is 0.468 e. The van der Waals surface area contributed by atoms with Crippen LogP contribution in [0.4, 0.5) is 0 Å². The van der Waals surface area contributed by atoms with Gasteiger partial charge in [-0.2, -0.15) is 0 Å². The number of nitrogens with zero attached hydrogens (tertiary/aromatic N) is 2. The van der Waals surface area contributed by atoms with Crippen LogP contribution in [0.3, 0.4) is 0 Å². The molecular weight excluding hydrogens is 230 g/mol. The molecule has 80 valence electrons. The second-order valence-electron chi connectivity index (χ2n) is 3.12. The number of hydrogen-bond donors (Lipinski definition) is 1. The van der Waals surface area contributed by atoms with Gasteiger partial charge in [0.05, 0.1) is 11.5 Å². The van der Waals surface area contributed by atoms with Gasteiger partial charge in [-0.05, 0) is 19.1 Å². The van der Waals surface area contributed by atoms with E-state index in [-0.39, 0.29) is 11.3 Å². The molecule has 0 amide bonds.